The predicted molar refractivity (Wildman–Crippen MR) is 90.0 cm³/mol. The zero-order chi connectivity index (χ0) is 15.8. The molecule has 3 heteroatoms. The van der Waals surface area contributed by atoms with E-state index < -0.39 is 6.10 Å². The van der Waals surface area contributed by atoms with Gasteiger partial charge in [0.05, 0.1) is 5.56 Å². The van der Waals surface area contributed by atoms with Crippen LogP contribution in [0.15, 0.2) is 40.9 Å². The van der Waals surface area contributed by atoms with Crippen molar-refractivity contribution in [2.45, 2.75) is 39.7 Å². The second-order valence-corrected chi connectivity index (χ2v) is 5.98. The second-order valence-electron chi connectivity index (χ2n) is 5.12. The fraction of sp³-hybridized carbons (Fsp3) is 0.389. The van der Waals surface area contributed by atoms with Crippen LogP contribution in [0.25, 0.3) is 0 Å². The zero-order valence-corrected chi connectivity index (χ0v) is 14.4. The molecular weight excluding hydrogens is 328 g/mol. The van der Waals surface area contributed by atoms with Gasteiger partial charge in [-0.3, -0.25) is 0 Å². The van der Waals surface area contributed by atoms with Crippen molar-refractivity contribution in [3.63, 3.8) is 0 Å². The Morgan fingerprint density at radius 2 is 2.10 bits per heavy atom. The van der Waals surface area contributed by atoms with E-state index in [4.69, 9.17) is 4.74 Å². The number of hydrogen-bond acceptors (Lipinski definition) is 2. The van der Waals surface area contributed by atoms with E-state index in [1.165, 1.54) is 0 Å². The first-order valence-electron chi connectivity index (χ1n) is 7.08. The van der Waals surface area contributed by atoms with Gasteiger partial charge < -0.3 is 4.74 Å². The first-order valence-corrected chi connectivity index (χ1v) is 7.87. The van der Waals surface area contributed by atoms with Crippen molar-refractivity contribution in [3.05, 3.63) is 46.5 Å². The van der Waals surface area contributed by atoms with Gasteiger partial charge in [-0.1, -0.05) is 50.8 Å². The Labute approximate surface area is 135 Å². The van der Waals surface area contributed by atoms with Gasteiger partial charge in [-0.05, 0) is 47.0 Å². The van der Waals surface area contributed by atoms with Crippen LogP contribution in [-0.2, 0) is 4.74 Å². The molecule has 2 nitrogen and oxygen atoms in total. The van der Waals surface area contributed by atoms with E-state index in [1.54, 1.807) is 6.07 Å². The number of benzene rings is 1. The largest absolute Gasteiger partial charge is 0.445 e. The highest BCUT2D eigenvalue weighted by molar-refractivity contribution is 9.10. The molecule has 0 aromatic heterocycles. The fourth-order valence-corrected chi connectivity index (χ4v) is 2.34. The van der Waals surface area contributed by atoms with Crippen molar-refractivity contribution >= 4 is 21.9 Å². The number of allylic oxidation sites excluding steroid dienone is 1. The van der Waals surface area contributed by atoms with Crippen molar-refractivity contribution in [1.29, 1.82) is 0 Å². The fourth-order valence-electron chi connectivity index (χ4n) is 1.89. The Bertz CT molecular complexity index is 566. The van der Waals surface area contributed by atoms with Gasteiger partial charge in [0.2, 0.25) is 0 Å². The monoisotopic (exact) mass is 348 g/mol. The van der Waals surface area contributed by atoms with Gasteiger partial charge in [0.25, 0.3) is 0 Å². The third kappa shape index (κ3) is 5.77. The second kappa shape index (κ2) is 8.69. The summed E-state index contributed by atoms with van der Waals surface area (Å²) in [5, 5.41) is 0. The highest BCUT2D eigenvalue weighted by Crippen LogP contribution is 2.20. The van der Waals surface area contributed by atoms with Gasteiger partial charge in [-0.2, -0.15) is 0 Å². The molecule has 0 saturated carbocycles. The molecule has 0 radical (unpaired) electrons. The molecule has 0 aliphatic rings. The molecule has 0 saturated heterocycles. The molecule has 0 N–H and O–H groups in total. The van der Waals surface area contributed by atoms with E-state index in [-0.39, 0.29) is 11.9 Å². The van der Waals surface area contributed by atoms with Gasteiger partial charge in [-0.25, -0.2) is 4.79 Å². The summed E-state index contributed by atoms with van der Waals surface area (Å²) in [6.07, 6.45) is 1.57. The Morgan fingerprint density at radius 3 is 2.67 bits per heavy atom. The van der Waals surface area contributed by atoms with Crippen LogP contribution < -0.4 is 0 Å². The molecule has 2 atom stereocenters. The lowest BCUT2D eigenvalue weighted by atomic mass is 9.99. The normalized spacial score (nSPS) is 12.8. The van der Waals surface area contributed by atoms with Gasteiger partial charge in [0.15, 0.2) is 6.10 Å². The standard InChI is InChI=1S/C18H21BrO2/c1-5-8-14(4)17(12-11-13(2)3)21-18(20)15-9-6-7-10-16(15)19/h6-7,9-10,14,17H,2,5,8H2,1,3-4H3. The maximum atomic E-state index is 12.3. The molecule has 112 valence electrons. The van der Waals surface area contributed by atoms with Crippen LogP contribution in [0.4, 0.5) is 0 Å². The third-order valence-electron chi connectivity index (χ3n) is 3.02. The molecule has 1 rings (SSSR count). The number of hydrogen-bond donors (Lipinski definition) is 0. The lowest BCUT2D eigenvalue weighted by molar-refractivity contribution is 0.0304. The minimum Gasteiger partial charge on any atom is -0.445 e. The number of esters is 1. The molecular formula is C18H21BrO2. The van der Waals surface area contributed by atoms with Gasteiger partial charge in [0.1, 0.15) is 0 Å². The van der Waals surface area contributed by atoms with Crippen molar-refractivity contribution in [2.75, 3.05) is 0 Å². The molecule has 0 amide bonds. The summed E-state index contributed by atoms with van der Waals surface area (Å²) >= 11 is 3.37. The number of rotatable bonds is 5. The maximum absolute atomic E-state index is 12.3. The quantitative estimate of drug-likeness (QED) is 0.553. The van der Waals surface area contributed by atoms with E-state index in [0.717, 1.165) is 22.9 Å². The lowest BCUT2D eigenvalue weighted by Crippen LogP contribution is -2.24. The van der Waals surface area contributed by atoms with Crippen LogP contribution in [0.2, 0.25) is 0 Å². The SMILES string of the molecule is C=C(C)C#CC(OC(=O)c1ccccc1Br)C(C)CCC. The summed E-state index contributed by atoms with van der Waals surface area (Å²) in [6, 6.07) is 7.23. The molecule has 0 fully saturated rings. The highest BCUT2D eigenvalue weighted by Gasteiger charge is 2.21. The molecule has 0 heterocycles. The summed E-state index contributed by atoms with van der Waals surface area (Å²) in [5.41, 5.74) is 1.28. The smallest absolute Gasteiger partial charge is 0.340 e. The number of carbonyl (C=O) groups excluding carboxylic acids is 1. The molecule has 1 aromatic rings. The van der Waals surface area contributed by atoms with Crippen molar-refractivity contribution in [2.24, 2.45) is 5.92 Å². The van der Waals surface area contributed by atoms with Gasteiger partial charge >= 0.3 is 5.97 Å². The van der Waals surface area contributed by atoms with Crippen molar-refractivity contribution < 1.29 is 9.53 Å². The summed E-state index contributed by atoms with van der Waals surface area (Å²) in [5.74, 6) is 5.77. The first kappa shape index (κ1) is 17.5. The molecule has 0 aliphatic carbocycles. The summed E-state index contributed by atoms with van der Waals surface area (Å²) in [4.78, 5) is 12.3. The summed E-state index contributed by atoms with van der Waals surface area (Å²) in [7, 11) is 0. The van der Waals surface area contributed by atoms with Crippen LogP contribution in [0.3, 0.4) is 0 Å². The molecule has 21 heavy (non-hydrogen) atoms. The van der Waals surface area contributed by atoms with Crippen LogP contribution in [0.5, 0.6) is 0 Å². The Balaban J connectivity index is 2.91. The maximum Gasteiger partial charge on any atom is 0.340 e. The number of ether oxygens (including phenoxy) is 1. The van der Waals surface area contributed by atoms with E-state index in [0.29, 0.717) is 5.56 Å². The number of carbonyl (C=O) groups is 1. The zero-order valence-electron chi connectivity index (χ0n) is 12.8. The van der Waals surface area contributed by atoms with Crippen molar-refractivity contribution in [1.82, 2.24) is 0 Å². The van der Waals surface area contributed by atoms with E-state index in [1.807, 2.05) is 25.1 Å². The van der Waals surface area contributed by atoms with Crippen LogP contribution in [0, 0.1) is 17.8 Å². The number of halogens is 1. The Hall–Kier alpha value is -1.53. The minimum atomic E-state index is -0.416. The van der Waals surface area contributed by atoms with Crippen LogP contribution >= 0.6 is 15.9 Å². The van der Waals surface area contributed by atoms with E-state index in [2.05, 4.69) is 48.2 Å². The highest BCUT2D eigenvalue weighted by atomic mass is 79.9. The Kier molecular flexibility index (Phi) is 7.25. The summed E-state index contributed by atoms with van der Waals surface area (Å²) < 4.78 is 6.33. The molecule has 0 bridgehead atoms. The molecule has 0 spiro atoms. The van der Waals surface area contributed by atoms with E-state index >= 15 is 0 Å². The lowest BCUT2D eigenvalue weighted by Gasteiger charge is -2.19. The average molecular weight is 349 g/mol. The minimum absolute atomic E-state index is 0.188. The first-order chi connectivity index (χ1) is 9.95. The summed E-state index contributed by atoms with van der Waals surface area (Å²) in [6.45, 7) is 9.76. The van der Waals surface area contributed by atoms with Crippen LogP contribution in [0.1, 0.15) is 44.0 Å². The molecule has 0 aliphatic heterocycles. The molecule has 2 unspecified atom stereocenters. The van der Waals surface area contributed by atoms with Gasteiger partial charge in [0, 0.05) is 10.4 Å². The molecule has 1 aromatic carbocycles. The topological polar surface area (TPSA) is 26.3 Å². The Morgan fingerprint density at radius 1 is 1.43 bits per heavy atom. The van der Waals surface area contributed by atoms with Crippen molar-refractivity contribution in [3.8, 4) is 11.8 Å². The average Bonchev–Trinajstić information content (AvgIpc) is 2.43. The van der Waals surface area contributed by atoms with Gasteiger partial charge in [-0.15, -0.1) is 0 Å². The third-order valence-corrected chi connectivity index (χ3v) is 3.71. The predicted octanol–water partition coefficient (Wildman–Crippen LogP) is 4.99. The van der Waals surface area contributed by atoms with E-state index in [9.17, 15) is 4.79 Å². The van der Waals surface area contributed by atoms with Crippen LogP contribution in [-0.4, -0.2) is 12.1 Å².